The lowest BCUT2D eigenvalue weighted by Gasteiger charge is -2.37. The predicted molar refractivity (Wildman–Crippen MR) is 80.7 cm³/mol. The summed E-state index contributed by atoms with van der Waals surface area (Å²) in [5, 5.41) is 12.7. The van der Waals surface area contributed by atoms with Gasteiger partial charge < -0.3 is 15.3 Å². The summed E-state index contributed by atoms with van der Waals surface area (Å²) in [6.07, 6.45) is 2.12. The van der Waals surface area contributed by atoms with Gasteiger partial charge in [-0.1, -0.05) is 25.1 Å². The van der Waals surface area contributed by atoms with Crippen LogP contribution in [0.2, 0.25) is 0 Å². The molecule has 2 unspecified atom stereocenters. The third-order valence-corrected chi connectivity index (χ3v) is 4.32. The molecule has 0 fully saturated rings. The van der Waals surface area contributed by atoms with Gasteiger partial charge in [0.1, 0.15) is 0 Å². The van der Waals surface area contributed by atoms with Gasteiger partial charge in [-0.15, -0.1) is 0 Å². The van der Waals surface area contributed by atoms with Crippen LogP contribution >= 0.6 is 0 Å². The van der Waals surface area contributed by atoms with E-state index < -0.39 is 0 Å². The van der Waals surface area contributed by atoms with E-state index in [4.69, 9.17) is 0 Å². The van der Waals surface area contributed by atoms with E-state index in [1.54, 1.807) is 0 Å². The van der Waals surface area contributed by atoms with Crippen molar-refractivity contribution in [2.75, 3.05) is 31.6 Å². The highest BCUT2D eigenvalue weighted by Crippen LogP contribution is 2.29. The van der Waals surface area contributed by atoms with E-state index in [0.717, 1.165) is 19.5 Å². The Bertz CT molecular complexity index is 415. The highest BCUT2D eigenvalue weighted by molar-refractivity contribution is 5.55. The first-order valence-electron chi connectivity index (χ1n) is 7.20. The van der Waals surface area contributed by atoms with E-state index >= 15 is 0 Å². The van der Waals surface area contributed by atoms with E-state index in [2.05, 4.69) is 48.3 Å². The van der Waals surface area contributed by atoms with Gasteiger partial charge in [0.05, 0.1) is 6.61 Å². The maximum Gasteiger partial charge on any atom is 0.0611 e. The van der Waals surface area contributed by atoms with Gasteiger partial charge in [0.2, 0.25) is 0 Å². The number of para-hydroxylation sites is 1. The zero-order valence-electron chi connectivity index (χ0n) is 12.3. The van der Waals surface area contributed by atoms with Crippen LogP contribution in [0.15, 0.2) is 24.3 Å². The molecular weight excluding hydrogens is 236 g/mol. The van der Waals surface area contributed by atoms with Crippen molar-refractivity contribution >= 4 is 5.69 Å². The average Bonchev–Trinajstić information content (AvgIpc) is 2.44. The molecule has 106 valence electrons. The Morgan fingerprint density at radius 2 is 2.16 bits per heavy atom. The van der Waals surface area contributed by atoms with Crippen LogP contribution in [0.4, 0.5) is 5.69 Å². The SMILES string of the molecule is CNC(C)(CO)CCN1CC(C)Cc2ccccc21. The number of rotatable bonds is 5. The molecule has 2 rings (SSSR count). The van der Waals surface area contributed by atoms with Gasteiger partial charge in [0.25, 0.3) is 0 Å². The van der Waals surface area contributed by atoms with Crippen molar-refractivity contribution in [1.82, 2.24) is 5.32 Å². The van der Waals surface area contributed by atoms with Crippen LogP contribution in [0.25, 0.3) is 0 Å². The van der Waals surface area contributed by atoms with Crippen LogP contribution in [0.5, 0.6) is 0 Å². The maximum atomic E-state index is 9.48. The Morgan fingerprint density at radius 3 is 2.84 bits per heavy atom. The number of hydrogen-bond donors (Lipinski definition) is 2. The molecule has 3 heteroatoms. The molecular formula is C16H26N2O. The summed E-state index contributed by atoms with van der Waals surface area (Å²) in [6.45, 7) is 6.66. The summed E-state index contributed by atoms with van der Waals surface area (Å²) in [7, 11) is 1.92. The van der Waals surface area contributed by atoms with E-state index in [9.17, 15) is 5.11 Å². The summed E-state index contributed by atoms with van der Waals surface area (Å²) >= 11 is 0. The van der Waals surface area contributed by atoms with Gasteiger partial charge in [-0.2, -0.15) is 0 Å². The molecule has 2 N–H and O–H groups in total. The Kier molecular flexibility index (Phi) is 4.48. The number of nitrogens with zero attached hydrogens (tertiary/aromatic N) is 1. The second-order valence-electron chi connectivity index (χ2n) is 6.10. The largest absolute Gasteiger partial charge is 0.394 e. The van der Waals surface area contributed by atoms with Crippen LogP contribution in [0, 0.1) is 5.92 Å². The van der Waals surface area contributed by atoms with Gasteiger partial charge in [0.15, 0.2) is 0 Å². The fraction of sp³-hybridized carbons (Fsp3) is 0.625. The fourth-order valence-corrected chi connectivity index (χ4v) is 2.78. The number of aliphatic hydroxyl groups excluding tert-OH is 1. The van der Waals surface area contributed by atoms with Gasteiger partial charge in [-0.3, -0.25) is 0 Å². The lowest BCUT2D eigenvalue weighted by Crippen LogP contribution is -2.47. The van der Waals surface area contributed by atoms with Gasteiger partial charge in [-0.05, 0) is 44.4 Å². The number of hydrogen-bond acceptors (Lipinski definition) is 3. The molecule has 0 saturated carbocycles. The van der Waals surface area contributed by atoms with E-state index in [1.807, 2.05) is 7.05 Å². The quantitative estimate of drug-likeness (QED) is 0.852. The zero-order valence-corrected chi connectivity index (χ0v) is 12.3. The van der Waals surface area contributed by atoms with Crippen molar-refractivity contribution in [2.45, 2.75) is 32.2 Å². The molecule has 1 aromatic carbocycles. The van der Waals surface area contributed by atoms with Crippen LogP contribution < -0.4 is 10.2 Å². The minimum atomic E-state index is -0.185. The molecule has 1 aliphatic heterocycles. The van der Waals surface area contributed by atoms with Crippen molar-refractivity contribution in [3.05, 3.63) is 29.8 Å². The molecule has 0 spiro atoms. The summed E-state index contributed by atoms with van der Waals surface area (Å²) in [4.78, 5) is 2.47. The highest BCUT2D eigenvalue weighted by atomic mass is 16.3. The molecule has 0 aromatic heterocycles. The molecule has 19 heavy (non-hydrogen) atoms. The van der Waals surface area contributed by atoms with Crippen LogP contribution in [-0.2, 0) is 6.42 Å². The molecule has 2 atom stereocenters. The molecule has 1 heterocycles. The second-order valence-corrected chi connectivity index (χ2v) is 6.10. The molecule has 0 bridgehead atoms. The second kappa shape index (κ2) is 5.93. The van der Waals surface area contributed by atoms with E-state index in [-0.39, 0.29) is 12.1 Å². The first-order chi connectivity index (χ1) is 9.08. The Balaban J connectivity index is 2.09. The fourth-order valence-electron chi connectivity index (χ4n) is 2.78. The summed E-state index contributed by atoms with van der Waals surface area (Å²) in [6, 6.07) is 8.70. The minimum Gasteiger partial charge on any atom is -0.394 e. The molecule has 0 aliphatic carbocycles. The molecule has 3 nitrogen and oxygen atoms in total. The topological polar surface area (TPSA) is 35.5 Å². The van der Waals surface area contributed by atoms with Crippen molar-refractivity contribution in [1.29, 1.82) is 0 Å². The monoisotopic (exact) mass is 262 g/mol. The third-order valence-electron chi connectivity index (χ3n) is 4.32. The van der Waals surface area contributed by atoms with Crippen LogP contribution in [-0.4, -0.2) is 37.4 Å². The van der Waals surface area contributed by atoms with Crippen molar-refractivity contribution in [3.63, 3.8) is 0 Å². The summed E-state index contributed by atoms with van der Waals surface area (Å²) in [5.41, 5.74) is 2.64. The Morgan fingerprint density at radius 1 is 1.42 bits per heavy atom. The predicted octanol–water partition coefficient (Wildman–Crippen LogP) is 2.05. The number of nitrogens with one attached hydrogen (secondary N) is 1. The zero-order chi connectivity index (χ0) is 13.9. The van der Waals surface area contributed by atoms with Gasteiger partial charge >= 0.3 is 0 Å². The number of anilines is 1. The van der Waals surface area contributed by atoms with Crippen molar-refractivity contribution in [2.24, 2.45) is 5.92 Å². The number of aliphatic hydroxyl groups is 1. The first-order valence-corrected chi connectivity index (χ1v) is 7.20. The van der Waals surface area contributed by atoms with Crippen molar-refractivity contribution in [3.8, 4) is 0 Å². The number of likely N-dealkylation sites (N-methyl/N-ethyl adjacent to an activating group) is 1. The minimum absolute atomic E-state index is 0.175. The maximum absolute atomic E-state index is 9.48. The molecule has 1 aliphatic rings. The molecule has 1 aromatic rings. The number of fused-ring (bicyclic) bond motifs is 1. The smallest absolute Gasteiger partial charge is 0.0611 e. The molecule has 0 saturated heterocycles. The Labute approximate surface area is 116 Å². The van der Waals surface area contributed by atoms with Crippen molar-refractivity contribution < 1.29 is 5.11 Å². The summed E-state index contributed by atoms with van der Waals surface area (Å²) in [5.74, 6) is 0.699. The Hall–Kier alpha value is -1.06. The molecule has 0 amide bonds. The van der Waals surface area contributed by atoms with Gasteiger partial charge in [-0.25, -0.2) is 0 Å². The first kappa shape index (κ1) is 14.4. The highest BCUT2D eigenvalue weighted by Gasteiger charge is 2.25. The van der Waals surface area contributed by atoms with Gasteiger partial charge in [0, 0.05) is 24.3 Å². The third kappa shape index (κ3) is 3.28. The average molecular weight is 262 g/mol. The lowest BCUT2D eigenvalue weighted by atomic mass is 9.92. The standard InChI is InChI=1S/C16H26N2O/c1-13-10-14-6-4-5-7-15(14)18(11-13)9-8-16(2,12-19)17-3/h4-7,13,17,19H,8-12H2,1-3H3. The molecule has 0 radical (unpaired) electrons. The lowest BCUT2D eigenvalue weighted by molar-refractivity contribution is 0.175. The van der Waals surface area contributed by atoms with Crippen LogP contribution in [0.3, 0.4) is 0 Å². The normalized spacial score (nSPS) is 21.9. The summed E-state index contributed by atoms with van der Waals surface area (Å²) < 4.78 is 0. The van der Waals surface area contributed by atoms with E-state index in [0.29, 0.717) is 5.92 Å². The van der Waals surface area contributed by atoms with Crippen LogP contribution in [0.1, 0.15) is 25.8 Å². The van der Waals surface area contributed by atoms with E-state index in [1.165, 1.54) is 17.7 Å². The number of benzene rings is 1.